The van der Waals surface area contributed by atoms with E-state index in [-0.39, 0.29) is 5.91 Å². The summed E-state index contributed by atoms with van der Waals surface area (Å²) in [5.74, 6) is 0.779. The monoisotopic (exact) mass is 321 g/mol. The zero-order valence-corrected chi connectivity index (χ0v) is 14.5. The minimum Gasteiger partial charge on any atom is -0.491 e. The first kappa shape index (κ1) is 19.3. The van der Waals surface area contributed by atoms with Crippen LogP contribution in [0.4, 0.5) is 5.69 Å². The van der Waals surface area contributed by atoms with Crippen LogP contribution in [0.3, 0.4) is 0 Å². The molecule has 0 aliphatic rings. The minimum atomic E-state index is 0.0949. The van der Waals surface area contributed by atoms with Crippen LogP contribution in [0.2, 0.25) is 0 Å². The Labute approximate surface area is 140 Å². The number of nitrogens with zero attached hydrogens (tertiary/aromatic N) is 1. The van der Waals surface area contributed by atoms with Crippen molar-refractivity contribution in [2.24, 2.45) is 0 Å². The molecule has 0 spiro atoms. The molecule has 1 aromatic rings. The van der Waals surface area contributed by atoms with Gasteiger partial charge in [-0.3, -0.25) is 4.79 Å². The number of amides is 1. The summed E-state index contributed by atoms with van der Waals surface area (Å²) in [6.07, 6.45) is 3.33. The molecule has 23 heavy (non-hydrogen) atoms. The van der Waals surface area contributed by atoms with E-state index >= 15 is 0 Å². The van der Waals surface area contributed by atoms with Crippen LogP contribution in [0.5, 0.6) is 5.75 Å². The number of rotatable bonds is 12. The molecule has 3 N–H and O–H groups in total. The summed E-state index contributed by atoms with van der Waals surface area (Å²) in [7, 11) is 0. The van der Waals surface area contributed by atoms with Crippen molar-refractivity contribution in [1.29, 1.82) is 0 Å². The Morgan fingerprint density at radius 3 is 2.61 bits per heavy atom. The van der Waals surface area contributed by atoms with Crippen molar-refractivity contribution in [3.05, 3.63) is 24.3 Å². The SMILES string of the molecule is CCN(CC)CCCCNC(=O)CCCOc1ccccc1N. The zero-order chi connectivity index (χ0) is 16.9. The minimum absolute atomic E-state index is 0.0949. The molecule has 5 nitrogen and oxygen atoms in total. The molecule has 0 saturated carbocycles. The average molecular weight is 321 g/mol. The van der Waals surface area contributed by atoms with Crippen LogP contribution in [0.15, 0.2) is 24.3 Å². The number of para-hydroxylation sites is 2. The first-order valence-electron chi connectivity index (χ1n) is 8.63. The summed E-state index contributed by atoms with van der Waals surface area (Å²) >= 11 is 0. The maximum absolute atomic E-state index is 11.7. The van der Waals surface area contributed by atoms with Gasteiger partial charge in [0.25, 0.3) is 0 Å². The van der Waals surface area contributed by atoms with Crippen LogP contribution in [0.1, 0.15) is 39.5 Å². The highest BCUT2D eigenvalue weighted by Gasteiger charge is 2.03. The Morgan fingerprint density at radius 2 is 1.91 bits per heavy atom. The second-order valence-corrected chi connectivity index (χ2v) is 5.57. The molecule has 0 aromatic heterocycles. The van der Waals surface area contributed by atoms with Gasteiger partial charge in [0, 0.05) is 13.0 Å². The number of nitrogens with one attached hydrogen (secondary N) is 1. The number of nitrogen functional groups attached to an aromatic ring is 1. The van der Waals surface area contributed by atoms with Gasteiger partial charge in [-0.25, -0.2) is 0 Å². The van der Waals surface area contributed by atoms with Crippen LogP contribution in [-0.4, -0.2) is 43.6 Å². The third kappa shape index (κ3) is 8.45. The first-order valence-corrected chi connectivity index (χ1v) is 8.63. The quantitative estimate of drug-likeness (QED) is 0.459. The molecule has 0 aliphatic carbocycles. The number of unbranched alkanes of at least 4 members (excludes halogenated alkanes) is 1. The van der Waals surface area contributed by atoms with E-state index in [0.717, 1.165) is 39.0 Å². The Bertz CT molecular complexity index is 448. The van der Waals surface area contributed by atoms with Crippen LogP contribution in [-0.2, 0) is 4.79 Å². The van der Waals surface area contributed by atoms with Gasteiger partial charge < -0.3 is 20.7 Å². The summed E-state index contributed by atoms with van der Waals surface area (Å²) in [6.45, 7) is 8.90. The molecule has 0 heterocycles. The largest absolute Gasteiger partial charge is 0.491 e. The molecule has 0 atom stereocenters. The molecule has 5 heteroatoms. The molecule has 0 aliphatic heterocycles. The molecule has 0 saturated heterocycles. The van der Waals surface area contributed by atoms with Gasteiger partial charge in [-0.1, -0.05) is 26.0 Å². The van der Waals surface area contributed by atoms with Crippen molar-refractivity contribution in [3.8, 4) is 5.75 Å². The summed E-state index contributed by atoms with van der Waals surface area (Å²) in [4.78, 5) is 14.1. The second-order valence-electron chi connectivity index (χ2n) is 5.57. The van der Waals surface area contributed by atoms with E-state index in [2.05, 4.69) is 24.1 Å². The molecule has 0 radical (unpaired) electrons. The van der Waals surface area contributed by atoms with Gasteiger partial charge in [-0.05, 0) is 51.0 Å². The van der Waals surface area contributed by atoms with Gasteiger partial charge in [-0.2, -0.15) is 0 Å². The first-order chi connectivity index (χ1) is 11.2. The van der Waals surface area contributed by atoms with Gasteiger partial charge in [0.15, 0.2) is 0 Å². The fourth-order valence-electron chi connectivity index (χ4n) is 2.34. The van der Waals surface area contributed by atoms with Crippen molar-refractivity contribution in [3.63, 3.8) is 0 Å². The van der Waals surface area contributed by atoms with Crippen molar-refractivity contribution in [2.75, 3.05) is 38.5 Å². The van der Waals surface area contributed by atoms with Crippen molar-refractivity contribution >= 4 is 11.6 Å². The number of anilines is 1. The number of carbonyl (C=O) groups is 1. The highest BCUT2D eigenvalue weighted by atomic mass is 16.5. The summed E-state index contributed by atoms with van der Waals surface area (Å²) in [6, 6.07) is 7.40. The Morgan fingerprint density at radius 1 is 1.17 bits per heavy atom. The summed E-state index contributed by atoms with van der Waals surface area (Å²) < 4.78 is 5.57. The number of ether oxygens (including phenoxy) is 1. The van der Waals surface area contributed by atoms with Gasteiger partial charge in [0.2, 0.25) is 5.91 Å². The number of hydrogen-bond acceptors (Lipinski definition) is 4. The molecule has 1 rings (SSSR count). The van der Waals surface area contributed by atoms with E-state index < -0.39 is 0 Å². The van der Waals surface area contributed by atoms with E-state index in [1.165, 1.54) is 0 Å². The van der Waals surface area contributed by atoms with E-state index in [1.54, 1.807) is 6.07 Å². The fraction of sp³-hybridized carbons (Fsp3) is 0.611. The second kappa shape index (κ2) is 11.8. The third-order valence-electron chi connectivity index (χ3n) is 3.84. The normalized spacial score (nSPS) is 10.7. The van der Waals surface area contributed by atoms with Crippen molar-refractivity contribution < 1.29 is 9.53 Å². The predicted molar refractivity (Wildman–Crippen MR) is 95.6 cm³/mol. The standard InChI is InChI=1S/C18H31N3O2/c1-3-21(4-2)14-8-7-13-20-18(22)12-9-15-23-17-11-6-5-10-16(17)19/h5-6,10-11H,3-4,7-9,12-15,19H2,1-2H3,(H,20,22). The third-order valence-corrected chi connectivity index (χ3v) is 3.84. The molecule has 0 fully saturated rings. The lowest BCUT2D eigenvalue weighted by Crippen LogP contribution is -2.27. The highest BCUT2D eigenvalue weighted by molar-refractivity contribution is 5.75. The average Bonchev–Trinajstić information content (AvgIpc) is 2.56. The number of benzene rings is 1. The van der Waals surface area contributed by atoms with Crippen LogP contribution in [0, 0.1) is 0 Å². The summed E-state index contributed by atoms with van der Waals surface area (Å²) in [5.41, 5.74) is 6.42. The van der Waals surface area contributed by atoms with Gasteiger partial charge in [-0.15, -0.1) is 0 Å². The van der Waals surface area contributed by atoms with Crippen molar-refractivity contribution in [2.45, 2.75) is 39.5 Å². The van der Waals surface area contributed by atoms with E-state index in [1.807, 2.05) is 18.2 Å². The van der Waals surface area contributed by atoms with E-state index in [4.69, 9.17) is 10.5 Å². The van der Waals surface area contributed by atoms with Crippen LogP contribution in [0.25, 0.3) is 0 Å². The van der Waals surface area contributed by atoms with Crippen molar-refractivity contribution in [1.82, 2.24) is 10.2 Å². The molecule has 1 aromatic carbocycles. The summed E-state index contributed by atoms with van der Waals surface area (Å²) in [5, 5.41) is 2.96. The van der Waals surface area contributed by atoms with Gasteiger partial charge in [0.05, 0.1) is 12.3 Å². The number of carbonyl (C=O) groups excluding carboxylic acids is 1. The van der Waals surface area contributed by atoms with Crippen LogP contribution < -0.4 is 15.8 Å². The smallest absolute Gasteiger partial charge is 0.220 e. The maximum Gasteiger partial charge on any atom is 0.220 e. The molecule has 130 valence electrons. The lowest BCUT2D eigenvalue weighted by atomic mass is 10.2. The molecular formula is C18H31N3O2. The molecule has 0 unspecified atom stereocenters. The number of nitrogens with two attached hydrogens (primary N) is 1. The van der Waals surface area contributed by atoms with Gasteiger partial charge in [0.1, 0.15) is 5.75 Å². The zero-order valence-electron chi connectivity index (χ0n) is 14.5. The Hall–Kier alpha value is -1.75. The Kier molecular flexibility index (Phi) is 9.87. The number of hydrogen-bond donors (Lipinski definition) is 2. The van der Waals surface area contributed by atoms with E-state index in [9.17, 15) is 4.79 Å². The maximum atomic E-state index is 11.7. The topological polar surface area (TPSA) is 67.6 Å². The lowest BCUT2D eigenvalue weighted by Gasteiger charge is -2.17. The van der Waals surface area contributed by atoms with Gasteiger partial charge >= 0.3 is 0 Å². The lowest BCUT2D eigenvalue weighted by molar-refractivity contribution is -0.121. The fourth-order valence-corrected chi connectivity index (χ4v) is 2.34. The van der Waals surface area contributed by atoms with Crippen LogP contribution >= 0.6 is 0 Å². The highest BCUT2D eigenvalue weighted by Crippen LogP contribution is 2.19. The van der Waals surface area contributed by atoms with E-state index in [0.29, 0.717) is 30.9 Å². The predicted octanol–water partition coefficient (Wildman–Crippen LogP) is 2.67. The molecule has 0 bridgehead atoms. The molecular weight excluding hydrogens is 290 g/mol. The Balaban J connectivity index is 2.01. The molecule has 1 amide bonds.